The third-order valence-corrected chi connectivity index (χ3v) is 6.24. The quantitative estimate of drug-likeness (QED) is 0.224. The highest BCUT2D eigenvalue weighted by Crippen LogP contribution is 2.39. The van der Waals surface area contributed by atoms with Crippen molar-refractivity contribution in [1.82, 2.24) is 4.90 Å². The molecule has 1 heterocycles. The number of hydrogen-bond acceptors (Lipinski definition) is 6. The zero-order valence-corrected chi connectivity index (χ0v) is 20.3. The fraction of sp³-hybridized carbons (Fsp3) is 0.476. The van der Waals surface area contributed by atoms with Crippen molar-refractivity contribution in [2.75, 3.05) is 19.8 Å². The molecule has 30 heavy (non-hydrogen) atoms. The molecule has 0 saturated carbocycles. The molecule has 0 radical (unpaired) electrons. The van der Waals surface area contributed by atoms with E-state index in [1.165, 1.54) is 16.7 Å². The summed E-state index contributed by atoms with van der Waals surface area (Å²) < 4.78 is 12.9. The van der Waals surface area contributed by atoms with Crippen molar-refractivity contribution in [3.05, 3.63) is 27.1 Å². The number of ether oxygens (including phenoxy) is 2. The second-order valence-electron chi connectivity index (χ2n) is 6.65. The number of aliphatic carboxylic acids is 1. The zero-order chi connectivity index (χ0) is 22.1. The Morgan fingerprint density at radius 1 is 1.27 bits per heavy atom. The van der Waals surface area contributed by atoms with E-state index in [4.69, 9.17) is 26.8 Å². The average molecular weight is 516 g/mol. The summed E-state index contributed by atoms with van der Waals surface area (Å²) in [5.74, 6) is 0.184. The zero-order valence-electron chi connectivity index (χ0n) is 17.1. The molecule has 1 N–H and O–H groups in total. The Kier molecular flexibility index (Phi) is 10.1. The van der Waals surface area contributed by atoms with Crippen molar-refractivity contribution < 1.29 is 24.2 Å². The van der Waals surface area contributed by atoms with E-state index in [1.54, 1.807) is 6.08 Å². The second kappa shape index (κ2) is 12.3. The van der Waals surface area contributed by atoms with E-state index in [-0.39, 0.29) is 12.3 Å². The van der Waals surface area contributed by atoms with Crippen molar-refractivity contribution in [2.45, 2.75) is 46.0 Å². The van der Waals surface area contributed by atoms with Crippen LogP contribution >= 0.6 is 39.9 Å². The van der Waals surface area contributed by atoms with Gasteiger partial charge in [0.05, 0.1) is 22.6 Å². The summed E-state index contributed by atoms with van der Waals surface area (Å²) in [6.45, 7) is 5.45. The Morgan fingerprint density at radius 2 is 2.03 bits per heavy atom. The minimum atomic E-state index is -0.888. The summed E-state index contributed by atoms with van der Waals surface area (Å²) >= 11 is 10.1. The maximum Gasteiger partial charge on any atom is 0.303 e. The molecule has 1 amide bonds. The molecule has 6 nitrogen and oxygen atoms in total. The molecule has 1 aromatic rings. The number of rotatable bonds is 12. The van der Waals surface area contributed by atoms with E-state index in [1.807, 2.05) is 19.1 Å². The van der Waals surface area contributed by atoms with Gasteiger partial charge in [-0.25, -0.2) is 0 Å². The number of benzene rings is 1. The lowest BCUT2D eigenvalue weighted by Crippen LogP contribution is -2.29. The first kappa shape index (κ1) is 24.7. The van der Waals surface area contributed by atoms with Crippen LogP contribution in [0.3, 0.4) is 0 Å². The van der Waals surface area contributed by atoms with Crippen LogP contribution in [0.15, 0.2) is 21.5 Å². The highest BCUT2D eigenvalue weighted by Gasteiger charge is 2.31. The van der Waals surface area contributed by atoms with E-state index in [9.17, 15) is 9.59 Å². The number of carbonyl (C=O) groups is 2. The highest BCUT2D eigenvalue weighted by atomic mass is 79.9. The standard InChI is InChI=1S/C21H26BrNO5S2/c1-3-5-6-10-28-19-15(22)11-14(12-16(19)27-4-2)13-17-20(26)23(21(29)30-17)9-7-8-18(24)25/h11-13H,3-10H2,1-2H3,(H,24,25)/b17-13-. The van der Waals surface area contributed by atoms with E-state index in [0.717, 1.165) is 29.3 Å². The molecule has 0 bridgehead atoms. The van der Waals surface area contributed by atoms with Gasteiger partial charge in [-0.1, -0.05) is 43.7 Å². The maximum atomic E-state index is 12.7. The molecular formula is C21H26BrNO5S2. The van der Waals surface area contributed by atoms with Crippen LogP contribution in [-0.4, -0.2) is 46.0 Å². The Bertz CT molecular complexity index is 828. The molecular weight excluding hydrogens is 490 g/mol. The number of hydrogen-bond donors (Lipinski definition) is 1. The minimum absolute atomic E-state index is 0.000485. The molecule has 0 spiro atoms. The van der Waals surface area contributed by atoms with Gasteiger partial charge in [0.25, 0.3) is 5.91 Å². The molecule has 0 aromatic heterocycles. The van der Waals surface area contributed by atoms with Crippen LogP contribution in [0.1, 0.15) is 51.5 Å². The molecule has 0 unspecified atom stereocenters. The van der Waals surface area contributed by atoms with Gasteiger partial charge in [0.2, 0.25) is 0 Å². The van der Waals surface area contributed by atoms with E-state index < -0.39 is 5.97 Å². The number of unbranched alkanes of at least 4 members (excludes halogenated alkanes) is 2. The molecule has 2 rings (SSSR count). The van der Waals surface area contributed by atoms with Crippen LogP contribution < -0.4 is 9.47 Å². The number of halogens is 1. The number of carbonyl (C=O) groups excluding carboxylic acids is 1. The fourth-order valence-electron chi connectivity index (χ4n) is 2.83. The average Bonchev–Trinajstić information content (AvgIpc) is 2.94. The SMILES string of the molecule is CCCCCOc1c(Br)cc(/C=C2\SC(=S)N(CCCC(=O)O)C2=O)cc1OCC. The Hall–Kier alpha value is -1.58. The maximum absolute atomic E-state index is 12.7. The van der Waals surface area contributed by atoms with Gasteiger partial charge in [-0.15, -0.1) is 0 Å². The van der Waals surface area contributed by atoms with Gasteiger partial charge in [-0.2, -0.15) is 0 Å². The summed E-state index contributed by atoms with van der Waals surface area (Å²) in [6.07, 6.45) is 5.33. The van der Waals surface area contributed by atoms with E-state index in [2.05, 4.69) is 22.9 Å². The van der Waals surface area contributed by atoms with Crippen molar-refractivity contribution in [3.63, 3.8) is 0 Å². The predicted molar refractivity (Wildman–Crippen MR) is 127 cm³/mol. The van der Waals surface area contributed by atoms with Gasteiger partial charge in [0, 0.05) is 13.0 Å². The van der Waals surface area contributed by atoms with Crippen molar-refractivity contribution in [1.29, 1.82) is 0 Å². The molecule has 164 valence electrons. The minimum Gasteiger partial charge on any atom is -0.490 e. The first-order chi connectivity index (χ1) is 14.4. The molecule has 1 saturated heterocycles. The van der Waals surface area contributed by atoms with Gasteiger partial charge in [-0.3, -0.25) is 14.5 Å². The van der Waals surface area contributed by atoms with Crippen LogP contribution in [0.25, 0.3) is 6.08 Å². The third-order valence-electron chi connectivity index (χ3n) is 4.27. The first-order valence-electron chi connectivity index (χ1n) is 9.93. The second-order valence-corrected chi connectivity index (χ2v) is 9.18. The summed E-state index contributed by atoms with van der Waals surface area (Å²) in [6, 6.07) is 3.73. The summed E-state index contributed by atoms with van der Waals surface area (Å²) in [5.41, 5.74) is 0.789. The molecule has 9 heteroatoms. The fourth-order valence-corrected chi connectivity index (χ4v) is 4.72. The molecule has 1 aliphatic heterocycles. The monoisotopic (exact) mass is 515 g/mol. The number of carboxylic acids is 1. The third kappa shape index (κ3) is 6.99. The smallest absolute Gasteiger partial charge is 0.303 e. The van der Waals surface area contributed by atoms with Gasteiger partial charge in [0.15, 0.2) is 11.5 Å². The van der Waals surface area contributed by atoms with Crippen LogP contribution in [0.4, 0.5) is 0 Å². The first-order valence-corrected chi connectivity index (χ1v) is 11.9. The Labute approximate surface area is 195 Å². The van der Waals surface area contributed by atoms with Gasteiger partial charge in [0.1, 0.15) is 4.32 Å². The number of carboxylic acid groups (broad SMARTS) is 1. The van der Waals surface area contributed by atoms with Crippen molar-refractivity contribution >= 4 is 62.2 Å². The summed E-state index contributed by atoms with van der Waals surface area (Å²) in [4.78, 5) is 25.4. The van der Waals surface area contributed by atoms with Crippen LogP contribution in [0, 0.1) is 0 Å². The van der Waals surface area contributed by atoms with Crippen LogP contribution in [-0.2, 0) is 9.59 Å². The van der Waals surface area contributed by atoms with Crippen LogP contribution in [0.2, 0.25) is 0 Å². The molecule has 1 aliphatic rings. The predicted octanol–water partition coefficient (Wildman–Crippen LogP) is 5.48. The number of thiocarbonyl (C=S) groups is 1. The summed E-state index contributed by atoms with van der Waals surface area (Å²) in [7, 11) is 0. The molecule has 1 fully saturated rings. The van der Waals surface area contributed by atoms with Gasteiger partial charge < -0.3 is 14.6 Å². The lowest BCUT2D eigenvalue weighted by molar-refractivity contribution is -0.137. The number of thioether (sulfide) groups is 1. The summed E-state index contributed by atoms with van der Waals surface area (Å²) in [5, 5.41) is 8.79. The lowest BCUT2D eigenvalue weighted by Gasteiger charge is -2.15. The highest BCUT2D eigenvalue weighted by molar-refractivity contribution is 9.10. The van der Waals surface area contributed by atoms with Gasteiger partial charge in [-0.05, 0) is 59.5 Å². The molecule has 0 atom stereocenters. The van der Waals surface area contributed by atoms with Gasteiger partial charge >= 0.3 is 5.97 Å². The lowest BCUT2D eigenvalue weighted by atomic mass is 10.1. The number of nitrogens with zero attached hydrogens (tertiary/aromatic N) is 1. The largest absolute Gasteiger partial charge is 0.490 e. The Balaban J connectivity index is 2.18. The van der Waals surface area contributed by atoms with E-state index in [0.29, 0.717) is 46.9 Å². The Morgan fingerprint density at radius 3 is 2.70 bits per heavy atom. The van der Waals surface area contributed by atoms with E-state index >= 15 is 0 Å². The van der Waals surface area contributed by atoms with Crippen molar-refractivity contribution in [2.24, 2.45) is 0 Å². The normalized spacial score (nSPS) is 15.2. The van der Waals surface area contributed by atoms with Crippen molar-refractivity contribution in [3.8, 4) is 11.5 Å². The number of amides is 1. The molecule has 1 aromatic carbocycles. The topological polar surface area (TPSA) is 76.1 Å². The molecule has 0 aliphatic carbocycles. The van der Waals surface area contributed by atoms with Crippen LogP contribution in [0.5, 0.6) is 11.5 Å².